The van der Waals surface area contributed by atoms with Crippen molar-refractivity contribution < 1.29 is 19.1 Å². The van der Waals surface area contributed by atoms with Crippen molar-refractivity contribution in [3.05, 3.63) is 65.2 Å². The van der Waals surface area contributed by atoms with E-state index in [0.29, 0.717) is 25.0 Å². The van der Waals surface area contributed by atoms with Crippen molar-refractivity contribution in [2.45, 2.75) is 19.8 Å². The second-order valence-corrected chi connectivity index (χ2v) is 6.39. The molecule has 0 saturated carbocycles. The van der Waals surface area contributed by atoms with Gasteiger partial charge in [0, 0.05) is 12.1 Å². The highest BCUT2D eigenvalue weighted by molar-refractivity contribution is 5.99. The molecule has 0 atom stereocenters. The van der Waals surface area contributed by atoms with Crippen LogP contribution >= 0.6 is 0 Å². The van der Waals surface area contributed by atoms with Crippen LogP contribution in [-0.2, 0) is 16.0 Å². The van der Waals surface area contributed by atoms with Gasteiger partial charge in [-0.1, -0.05) is 37.3 Å². The van der Waals surface area contributed by atoms with E-state index in [4.69, 9.17) is 9.47 Å². The summed E-state index contributed by atoms with van der Waals surface area (Å²) in [5.74, 6) is 1.00. The van der Waals surface area contributed by atoms with Gasteiger partial charge in [-0.2, -0.15) is 0 Å². The molecule has 0 unspecified atom stereocenters. The maximum atomic E-state index is 12.3. The maximum absolute atomic E-state index is 12.3. The minimum absolute atomic E-state index is 0.0692. The van der Waals surface area contributed by atoms with E-state index >= 15 is 0 Å². The molecule has 2 rings (SSSR count). The molecular weight excluding hydrogens is 368 g/mol. The van der Waals surface area contributed by atoms with Gasteiger partial charge in [0.2, 0.25) is 11.8 Å². The average Bonchev–Trinajstić information content (AvgIpc) is 2.76. The van der Waals surface area contributed by atoms with Crippen LogP contribution in [0, 0.1) is 0 Å². The number of benzene rings is 2. The minimum atomic E-state index is -0.240. The Hall–Kier alpha value is -3.28. The van der Waals surface area contributed by atoms with Crippen LogP contribution in [0.3, 0.4) is 0 Å². The molecule has 2 aromatic rings. The highest BCUT2D eigenvalue weighted by atomic mass is 16.5. The molecule has 0 fully saturated rings. The molecule has 6 heteroatoms. The van der Waals surface area contributed by atoms with Crippen LogP contribution < -0.4 is 20.1 Å². The van der Waals surface area contributed by atoms with Gasteiger partial charge in [0.25, 0.3) is 0 Å². The van der Waals surface area contributed by atoms with Gasteiger partial charge >= 0.3 is 0 Å². The number of methoxy groups -OCH3 is 2. The van der Waals surface area contributed by atoms with E-state index in [9.17, 15) is 9.59 Å². The Morgan fingerprint density at radius 3 is 2.41 bits per heavy atom. The highest BCUT2D eigenvalue weighted by Gasteiger charge is 2.10. The van der Waals surface area contributed by atoms with Gasteiger partial charge in [-0.15, -0.1) is 0 Å². The number of rotatable bonds is 10. The van der Waals surface area contributed by atoms with Crippen molar-refractivity contribution in [2.75, 3.05) is 27.3 Å². The van der Waals surface area contributed by atoms with E-state index in [0.717, 1.165) is 22.6 Å². The Kier molecular flexibility index (Phi) is 8.76. The Bertz CT molecular complexity index is 847. The number of carbonyl (C=O) groups excluding carboxylic acids is 2. The molecule has 0 spiro atoms. The molecular formula is C23H28N2O4. The van der Waals surface area contributed by atoms with Crippen LogP contribution in [0.2, 0.25) is 0 Å². The van der Waals surface area contributed by atoms with Gasteiger partial charge in [-0.25, -0.2) is 0 Å². The fraction of sp³-hybridized carbons (Fsp3) is 0.304. The van der Waals surface area contributed by atoms with Crippen molar-refractivity contribution in [3.8, 4) is 11.5 Å². The lowest BCUT2D eigenvalue weighted by molar-refractivity contribution is -0.124. The highest BCUT2D eigenvalue weighted by Crippen LogP contribution is 2.24. The van der Waals surface area contributed by atoms with Gasteiger partial charge in [0.05, 0.1) is 20.8 Å². The smallest absolute Gasteiger partial charge is 0.247 e. The first-order chi connectivity index (χ1) is 14.1. The Morgan fingerprint density at radius 1 is 1.00 bits per heavy atom. The molecule has 0 aliphatic rings. The molecule has 0 bridgehead atoms. The van der Waals surface area contributed by atoms with Crippen LogP contribution in [0.15, 0.2) is 54.1 Å². The summed E-state index contributed by atoms with van der Waals surface area (Å²) in [6, 6.07) is 15.2. The van der Waals surface area contributed by atoms with Gasteiger partial charge in [0.15, 0.2) is 0 Å². The molecule has 0 heterocycles. The molecule has 0 aromatic heterocycles. The van der Waals surface area contributed by atoms with Crippen molar-refractivity contribution >= 4 is 17.9 Å². The Morgan fingerprint density at radius 2 is 1.76 bits per heavy atom. The van der Waals surface area contributed by atoms with Crippen LogP contribution in [0.5, 0.6) is 11.5 Å². The molecule has 2 aromatic carbocycles. The van der Waals surface area contributed by atoms with Gasteiger partial charge in [-0.05, 0) is 48.2 Å². The van der Waals surface area contributed by atoms with E-state index in [1.807, 2.05) is 61.5 Å². The molecule has 0 saturated heterocycles. The maximum Gasteiger partial charge on any atom is 0.247 e. The fourth-order valence-electron chi connectivity index (χ4n) is 2.83. The zero-order chi connectivity index (χ0) is 21.1. The van der Waals surface area contributed by atoms with Gasteiger partial charge in [-0.3, -0.25) is 9.59 Å². The molecule has 2 amide bonds. The lowest BCUT2D eigenvalue weighted by Gasteiger charge is -2.12. The Labute approximate surface area is 171 Å². The normalized spacial score (nSPS) is 10.9. The summed E-state index contributed by atoms with van der Waals surface area (Å²) in [5.41, 5.74) is 2.52. The van der Waals surface area contributed by atoms with Gasteiger partial charge in [0.1, 0.15) is 11.5 Å². The number of hydrogen-bond acceptors (Lipinski definition) is 4. The first kappa shape index (κ1) is 22.0. The van der Waals surface area contributed by atoms with Gasteiger partial charge < -0.3 is 20.1 Å². The molecule has 0 aliphatic carbocycles. The molecule has 154 valence electrons. The van der Waals surface area contributed by atoms with E-state index in [2.05, 4.69) is 10.6 Å². The van der Waals surface area contributed by atoms with Crippen molar-refractivity contribution in [1.29, 1.82) is 0 Å². The SMILES string of the molecule is CC/C(=C\c1ccccc1)C(=O)NCC(=O)NCCc1cc(OC)ccc1OC. The second-order valence-electron chi connectivity index (χ2n) is 6.39. The third kappa shape index (κ3) is 6.99. The predicted molar refractivity (Wildman–Crippen MR) is 114 cm³/mol. The topological polar surface area (TPSA) is 76.7 Å². The van der Waals surface area contributed by atoms with E-state index in [1.165, 1.54) is 0 Å². The van der Waals surface area contributed by atoms with Crippen LogP contribution in [0.1, 0.15) is 24.5 Å². The largest absolute Gasteiger partial charge is 0.497 e. The third-order valence-corrected chi connectivity index (χ3v) is 4.43. The summed E-state index contributed by atoms with van der Waals surface area (Å²) < 4.78 is 10.6. The van der Waals surface area contributed by atoms with Crippen molar-refractivity contribution in [3.63, 3.8) is 0 Å². The first-order valence-electron chi connectivity index (χ1n) is 9.58. The molecule has 0 aliphatic heterocycles. The van der Waals surface area contributed by atoms with E-state index < -0.39 is 0 Å². The molecule has 29 heavy (non-hydrogen) atoms. The monoisotopic (exact) mass is 396 g/mol. The van der Waals surface area contributed by atoms with E-state index in [-0.39, 0.29) is 18.4 Å². The summed E-state index contributed by atoms with van der Waals surface area (Å²) in [4.78, 5) is 24.4. The van der Waals surface area contributed by atoms with Crippen molar-refractivity contribution in [1.82, 2.24) is 10.6 Å². The lowest BCUT2D eigenvalue weighted by Crippen LogP contribution is -2.38. The number of carbonyl (C=O) groups is 2. The van der Waals surface area contributed by atoms with Crippen LogP contribution in [-0.4, -0.2) is 39.1 Å². The first-order valence-corrected chi connectivity index (χ1v) is 9.58. The standard InChI is InChI=1S/C23H28N2O4/c1-4-18(14-17-8-6-5-7-9-17)23(27)25-16-22(26)24-13-12-19-15-20(28-2)10-11-21(19)29-3/h5-11,14-15H,4,12-13,16H2,1-3H3,(H,24,26)(H,25,27)/b18-14+. The Balaban J connectivity index is 1.82. The molecule has 2 N–H and O–H groups in total. The quantitative estimate of drug-likeness (QED) is 0.606. The number of hydrogen-bond donors (Lipinski definition) is 2. The number of nitrogens with one attached hydrogen (secondary N) is 2. The summed E-state index contributed by atoms with van der Waals surface area (Å²) >= 11 is 0. The third-order valence-electron chi connectivity index (χ3n) is 4.43. The molecule has 0 radical (unpaired) electrons. The van der Waals surface area contributed by atoms with E-state index in [1.54, 1.807) is 14.2 Å². The van der Waals surface area contributed by atoms with Crippen LogP contribution in [0.4, 0.5) is 0 Å². The second kappa shape index (κ2) is 11.5. The summed E-state index contributed by atoms with van der Waals surface area (Å²) in [5, 5.41) is 5.49. The van der Waals surface area contributed by atoms with Crippen LogP contribution in [0.25, 0.3) is 6.08 Å². The zero-order valence-corrected chi connectivity index (χ0v) is 17.2. The minimum Gasteiger partial charge on any atom is -0.497 e. The number of amides is 2. The number of ether oxygens (including phenoxy) is 2. The summed E-state index contributed by atoms with van der Waals surface area (Å²) in [7, 11) is 3.21. The fourth-order valence-corrected chi connectivity index (χ4v) is 2.83. The average molecular weight is 396 g/mol. The predicted octanol–water partition coefficient (Wildman–Crippen LogP) is 2.97. The summed E-state index contributed by atoms with van der Waals surface area (Å²) in [6.07, 6.45) is 3.01. The van der Waals surface area contributed by atoms with Crippen molar-refractivity contribution in [2.24, 2.45) is 0 Å². The molecule has 6 nitrogen and oxygen atoms in total. The lowest BCUT2D eigenvalue weighted by atomic mass is 10.1. The summed E-state index contributed by atoms with van der Waals surface area (Å²) in [6.45, 7) is 2.27. The zero-order valence-electron chi connectivity index (χ0n) is 17.2.